The Morgan fingerprint density at radius 2 is 2.40 bits per heavy atom. The normalized spacial score (nSPS) is 13.2. The smallest absolute Gasteiger partial charge is 0.0588 e. The summed E-state index contributed by atoms with van der Waals surface area (Å²) < 4.78 is 1.20. The van der Waals surface area contributed by atoms with Gasteiger partial charge in [0.05, 0.1) is 10.8 Å². The summed E-state index contributed by atoms with van der Waals surface area (Å²) >= 11 is 1.73. The summed E-state index contributed by atoms with van der Waals surface area (Å²) in [7, 11) is 0. The highest BCUT2D eigenvalue weighted by Gasteiger charge is 2.07. The molecular weight excluding hydrogens is 206 g/mol. The first-order valence-electron chi connectivity index (χ1n) is 5.30. The largest absolute Gasteiger partial charge is 0.393 e. The second kappa shape index (κ2) is 4.73. The number of aliphatic hydroxyl groups excluding tert-OH is 1. The lowest BCUT2D eigenvalue weighted by Crippen LogP contribution is -2.08. The van der Waals surface area contributed by atoms with Crippen LogP contribution in [0.4, 0.5) is 0 Å². The van der Waals surface area contributed by atoms with E-state index in [4.69, 9.17) is 0 Å². The number of thiophene rings is 1. The second-order valence-corrected chi connectivity index (χ2v) is 4.94. The van der Waals surface area contributed by atoms with E-state index in [1.807, 2.05) is 12.3 Å². The summed E-state index contributed by atoms with van der Waals surface area (Å²) in [5, 5.41) is 10.9. The number of hydrogen-bond acceptors (Lipinski definition) is 3. The van der Waals surface area contributed by atoms with E-state index in [0.29, 0.717) is 0 Å². The fraction of sp³-hybridized carbons (Fsp3) is 0.417. The zero-order valence-corrected chi connectivity index (χ0v) is 9.63. The molecule has 3 heteroatoms. The second-order valence-electron chi connectivity index (χ2n) is 3.77. The Morgan fingerprint density at radius 1 is 1.53 bits per heavy atom. The highest BCUT2D eigenvalue weighted by atomic mass is 32.1. The molecular formula is C12H15NOS. The van der Waals surface area contributed by atoms with Gasteiger partial charge in [-0.3, -0.25) is 4.98 Å². The first kappa shape index (κ1) is 10.6. The van der Waals surface area contributed by atoms with Crippen molar-refractivity contribution in [3.63, 3.8) is 0 Å². The average molecular weight is 221 g/mol. The van der Waals surface area contributed by atoms with Crippen molar-refractivity contribution < 1.29 is 5.11 Å². The fourth-order valence-corrected chi connectivity index (χ4v) is 2.81. The van der Waals surface area contributed by atoms with Crippen molar-refractivity contribution in [2.75, 3.05) is 0 Å². The Balaban J connectivity index is 2.15. The minimum absolute atomic E-state index is 0.198. The Labute approximate surface area is 93.6 Å². The minimum atomic E-state index is -0.198. The summed E-state index contributed by atoms with van der Waals surface area (Å²) in [6.45, 7) is 2.10. The van der Waals surface area contributed by atoms with Crippen LogP contribution in [0.5, 0.6) is 0 Å². The molecule has 80 valence electrons. The van der Waals surface area contributed by atoms with Crippen LogP contribution < -0.4 is 0 Å². The SMILES string of the molecule is CCCC(O)Cc1cc2ccncc2s1. The summed E-state index contributed by atoms with van der Waals surface area (Å²) in [6, 6.07) is 4.17. The molecule has 0 fully saturated rings. The van der Waals surface area contributed by atoms with Crippen LogP contribution in [-0.2, 0) is 6.42 Å². The van der Waals surface area contributed by atoms with E-state index in [1.54, 1.807) is 17.5 Å². The molecule has 1 N–H and O–H groups in total. The van der Waals surface area contributed by atoms with Crippen molar-refractivity contribution in [1.29, 1.82) is 0 Å². The molecule has 0 aromatic carbocycles. The predicted molar refractivity (Wildman–Crippen MR) is 64.2 cm³/mol. The van der Waals surface area contributed by atoms with E-state index in [2.05, 4.69) is 18.0 Å². The molecule has 2 aromatic heterocycles. The summed E-state index contributed by atoms with van der Waals surface area (Å²) in [6.07, 6.45) is 6.18. The number of hydrogen-bond donors (Lipinski definition) is 1. The molecule has 2 rings (SSSR count). The highest BCUT2D eigenvalue weighted by molar-refractivity contribution is 7.19. The third-order valence-electron chi connectivity index (χ3n) is 2.43. The van der Waals surface area contributed by atoms with Gasteiger partial charge in [0.1, 0.15) is 0 Å². The van der Waals surface area contributed by atoms with Gasteiger partial charge in [-0.05, 0) is 23.9 Å². The van der Waals surface area contributed by atoms with Crippen molar-refractivity contribution in [3.05, 3.63) is 29.4 Å². The van der Waals surface area contributed by atoms with Crippen LogP contribution in [0.1, 0.15) is 24.6 Å². The van der Waals surface area contributed by atoms with E-state index in [0.717, 1.165) is 19.3 Å². The van der Waals surface area contributed by atoms with Gasteiger partial charge in [0.2, 0.25) is 0 Å². The maximum absolute atomic E-state index is 9.72. The standard InChI is InChI=1S/C12H15NOS/c1-2-3-10(14)7-11-6-9-4-5-13-8-12(9)15-11/h4-6,8,10,14H,2-3,7H2,1H3. The maximum atomic E-state index is 9.72. The topological polar surface area (TPSA) is 33.1 Å². The molecule has 0 amide bonds. The molecule has 1 unspecified atom stereocenters. The molecule has 0 spiro atoms. The quantitative estimate of drug-likeness (QED) is 0.861. The lowest BCUT2D eigenvalue weighted by atomic mass is 10.1. The summed E-state index contributed by atoms with van der Waals surface area (Å²) in [5.74, 6) is 0. The van der Waals surface area contributed by atoms with Crippen LogP contribution >= 0.6 is 11.3 Å². The van der Waals surface area contributed by atoms with Gasteiger partial charge >= 0.3 is 0 Å². The Bertz CT molecular complexity index is 405. The van der Waals surface area contributed by atoms with E-state index in [-0.39, 0.29) is 6.10 Å². The monoisotopic (exact) mass is 221 g/mol. The molecule has 0 radical (unpaired) electrons. The lowest BCUT2D eigenvalue weighted by molar-refractivity contribution is 0.165. The van der Waals surface area contributed by atoms with Crippen LogP contribution in [0.25, 0.3) is 10.1 Å². The third-order valence-corrected chi connectivity index (χ3v) is 3.54. The predicted octanol–water partition coefficient (Wildman–Crippen LogP) is 3.00. The van der Waals surface area contributed by atoms with Gasteiger partial charge in [-0.15, -0.1) is 11.3 Å². The van der Waals surface area contributed by atoms with Gasteiger partial charge in [0.15, 0.2) is 0 Å². The molecule has 1 atom stereocenters. The molecule has 0 aliphatic rings. The lowest BCUT2D eigenvalue weighted by Gasteiger charge is -2.05. The van der Waals surface area contributed by atoms with Gasteiger partial charge in [-0.1, -0.05) is 13.3 Å². The first-order valence-corrected chi connectivity index (χ1v) is 6.11. The number of aromatic nitrogens is 1. The number of fused-ring (bicyclic) bond motifs is 1. The van der Waals surface area contributed by atoms with Crippen molar-refractivity contribution in [1.82, 2.24) is 4.98 Å². The van der Waals surface area contributed by atoms with Crippen molar-refractivity contribution in [2.24, 2.45) is 0 Å². The van der Waals surface area contributed by atoms with Crippen LogP contribution in [0.2, 0.25) is 0 Å². The Hall–Kier alpha value is -0.930. The van der Waals surface area contributed by atoms with Crippen LogP contribution in [-0.4, -0.2) is 16.2 Å². The van der Waals surface area contributed by atoms with Crippen LogP contribution in [0.15, 0.2) is 24.5 Å². The number of pyridine rings is 1. The van der Waals surface area contributed by atoms with Gasteiger partial charge in [0, 0.05) is 23.7 Å². The molecule has 2 aromatic rings. The first-order chi connectivity index (χ1) is 7.29. The molecule has 0 saturated carbocycles. The summed E-state index contributed by atoms with van der Waals surface area (Å²) in [4.78, 5) is 5.34. The summed E-state index contributed by atoms with van der Waals surface area (Å²) in [5.41, 5.74) is 0. The fourth-order valence-electron chi connectivity index (χ4n) is 1.71. The van der Waals surface area contributed by atoms with Gasteiger partial charge in [0.25, 0.3) is 0 Å². The number of rotatable bonds is 4. The van der Waals surface area contributed by atoms with Gasteiger partial charge in [-0.2, -0.15) is 0 Å². The van der Waals surface area contributed by atoms with Crippen molar-refractivity contribution in [3.8, 4) is 0 Å². The third kappa shape index (κ3) is 2.55. The van der Waals surface area contributed by atoms with Crippen molar-refractivity contribution in [2.45, 2.75) is 32.3 Å². The molecule has 0 bridgehead atoms. The molecule has 15 heavy (non-hydrogen) atoms. The van der Waals surface area contributed by atoms with Gasteiger partial charge in [-0.25, -0.2) is 0 Å². The minimum Gasteiger partial charge on any atom is -0.393 e. The Kier molecular flexibility index (Phi) is 3.34. The molecule has 0 saturated heterocycles. The molecule has 2 heterocycles. The van der Waals surface area contributed by atoms with E-state index >= 15 is 0 Å². The maximum Gasteiger partial charge on any atom is 0.0588 e. The average Bonchev–Trinajstić information content (AvgIpc) is 2.59. The number of nitrogens with zero attached hydrogens (tertiary/aromatic N) is 1. The van der Waals surface area contributed by atoms with E-state index in [9.17, 15) is 5.11 Å². The highest BCUT2D eigenvalue weighted by Crippen LogP contribution is 2.25. The molecule has 0 aliphatic heterocycles. The van der Waals surface area contributed by atoms with Gasteiger partial charge < -0.3 is 5.11 Å². The van der Waals surface area contributed by atoms with E-state index < -0.39 is 0 Å². The molecule has 0 aliphatic carbocycles. The van der Waals surface area contributed by atoms with Crippen LogP contribution in [0, 0.1) is 0 Å². The number of aliphatic hydroxyl groups is 1. The zero-order chi connectivity index (χ0) is 10.7. The van der Waals surface area contributed by atoms with Crippen LogP contribution in [0.3, 0.4) is 0 Å². The zero-order valence-electron chi connectivity index (χ0n) is 8.81. The van der Waals surface area contributed by atoms with Crippen molar-refractivity contribution >= 4 is 21.4 Å². The molecule has 2 nitrogen and oxygen atoms in total. The van der Waals surface area contributed by atoms with E-state index in [1.165, 1.54) is 15.0 Å². The Morgan fingerprint density at radius 3 is 3.13 bits per heavy atom.